The number of imide groups is 1. The van der Waals surface area contributed by atoms with Gasteiger partial charge in [-0.05, 0) is 73.1 Å². The Labute approximate surface area is 285 Å². The molecule has 1 N–H and O–H groups in total. The van der Waals surface area contributed by atoms with Crippen molar-refractivity contribution in [3.63, 3.8) is 0 Å². The lowest BCUT2D eigenvalue weighted by molar-refractivity contribution is -0.144. The van der Waals surface area contributed by atoms with E-state index in [0.29, 0.717) is 18.8 Å². The Bertz CT molecular complexity index is 1700. The van der Waals surface area contributed by atoms with Crippen LogP contribution in [0.3, 0.4) is 0 Å². The van der Waals surface area contributed by atoms with Gasteiger partial charge in [0.2, 0.25) is 11.8 Å². The van der Waals surface area contributed by atoms with E-state index < -0.39 is 0 Å². The normalized spacial score (nSPS) is 25.3. The van der Waals surface area contributed by atoms with E-state index in [4.69, 9.17) is 4.74 Å². The van der Waals surface area contributed by atoms with Crippen molar-refractivity contribution in [1.82, 2.24) is 9.80 Å². The molecule has 0 saturated carbocycles. The number of nitrogens with zero attached hydrogens (tertiary/aromatic N) is 2. The number of phenols is 1. The predicted molar refractivity (Wildman–Crippen MR) is 191 cm³/mol. The van der Waals surface area contributed by atoms with Crippen molar-refractivity contribution in [3.05, 3.63) is 94.6 Å². The first-order valence-electron chi connectivity index (χ1n) is 18.3. The molecule has 48 heavy (non-hydrogen) atoms. The van der Waals surface area contributed by atoms with Gasteiger partial charge in [0.1, 0.15) is 5.75 Å². The molecule has 2 amide bonds. The summed E-state index contributed by atoms with van der Waals surface area (Å²) in [6.07, 6.45) is 10.5. The Kier molecular flexibility index (Phi) is 9.83. The van der Waals surface area contributed by atoms with E-state index in [0.717, 1.165) is 87.3 Å². The van der Waals surface area contributed by atoms with Crippen LogP contribution in [0.15, 0.2) is 83.4 Å². The number of phenolic OH excluding ortho intramolecular Hbond substituents is 1. The molecule has 6 nitrogen and oxygen atoms in total. The highest BCUT2D eigenvalue weighted by Gasteiger charge is 2.58. The Morgan fingerprint density at radius 1 is 0.875 bits per heavy atom. The smallest absolute Gasteiger partial charge is 0.234 e. The summed E-state index contributed by atoms with van der Waals surface area (Å²) < 4.78 is 6.58. The standard InChI is InChI=1S/C42H50N2O4/c1-3-10-28(24-30-17-18-37(45)34-15-9-8-14-33(30)34)16-19-38-39-31(11-4-2)25-35-40(36(39)27-48-38)42(47)44(41(35)46)32-20-22-43(23-21-32)26-29-12-6-5-7-13-29/h5-9,12-15,17-18,24,32,35-36,38,40,45H,3-4,10-11,16,19-23,25-27H2,1-2H3/b28-24+/t35-,36+,38-,40-/m1/s1. The lowest BCUT2D eigenvalue weighted by atomic mass is 9.68. The molecule has 0 aromatic heterocycles. The van der Waals surface area contributed by atoms with Crippen LogP contribution in [0.4, 0.5) is 0 Å². The van der Waals surface area contributed by atoms with E-state index >= 15 is 0 Å². The van der Waals surface area contributed by atoms with Gasteiger partial charge in [0.25, 0.3) is 0 Å². The van der Waals surface area contributed by atoms with Gasteiger partial charge < -0.3 is 9.84 Å². The molecule has 3 heterocycles. The van der Waals surface area contributed by atoms with E-state index in [1.165, 1.54) is 22.3 Å². The van der Waals surface area contributed by atoms with Gasteiger partial charge in [0.05, 0.1) is 24.5 Å². The maximum atomic E-state index is 14.2. The summed E-state index contributed by atoms with van der Waals surface area (Å²) in [6.45, 7) is 7.68. The van der Waals surface area contributed by atoms with E-state index in [2.05, 4.69) is 55.2 Å². The average Bonchev–Trinajstić information content (AvgIpc) is 3.64. The summed E-state index contributed by atoms with van der Waals surface area (Å²) >= 11 is 0. The third kappa shape index (κ3) is 6.37. The molecule has 3 fully saturated rings. The number of piperidine rings is 1. The quantitative estimate of drug-likeness (QED) is 0.168. The molecule has 1 aliphatic carbocycles. The Balaban J connectivity index is 1.06. The molecular formula is C42H50N2O4. The highest BCUT2D eigenvalue weighted by Crippen LogP contribution is 2.51. The molecule has 252 valence electrons. The average molecular weight is 647 g/mol. The maximum absolute atomic E-state index is 14.2. The van der Waals surface area contributed by atoms with E-state index in [-0.39, 0.29) is 41.7 Å². The Morgan fingerprint density at radius 3 is 2.38 bits per heavy atom. The Morgan fingerprint density at radius 2 is 1.62 bits per heavy atom. The largest absolute Gasteiger partial charge is 0.507 e. The first-order valence-corrected chi connectivity index (χ1v) is 18.3. The van der Waals surface area contributed by atoms with Gasteiger partial charge >= 0.3 is 0 Å². The summed E-state index contributed by atoms with van der Waals surface area (Å²) in [5.74, 6) is -0.0837. The number of aromatic hydroxyl groups is 1. The number of fused-ring (bicyclic) bond motifs is 4. The minimum absolute atomic E-state index is 0.00321. The minimum atomic E-state index is -0.283. The number of benzene rings is 3. The zero-order chi connectivity index (χ0) is 33.2. The number of ether oxygens (including phenoxy) is 1. The zero-order valence-corrected chi connectivity index (χ0v) is 28.6. The molecule has 0 radical (unpaired) electrons. The first kappa shape index (κ1) is 32.8. The van der Waals surface area contributed by atoms with Crippen molar-refractivity contribution in [1.29, 1.82) is 0 Å². The van der Waals surface area contributed by atoms with Crippen LogP contribution in [-0.4, -0.2) is 58.6 Å². The third-order valence-corrected chi connectivity index (χ3v) is 11.4. The fourth-order valence-electron chi connectivity index (χ4n) is 9.13. The summed E-state index contributed by atoms with van der Waals surface area (Å²) in [4.78, 5) is 32.4. The van der Waals surface area contributed by atoms with Crippen LogP contribution in [0.5, 0.6) is 5.75 Å². The molecule has 6 heteroatoms. The minimum Gasteiger partial charge on any atom is -0.507 e. The molecule has 3 saturated heterocycles. The van der Waals surface area contributed by atoms with Crippen molar-refractivity contribution in [2.24, 2.45) is 17.8 Å². The Hall–Kier alpha value is -3.74. The van der Waals surface area contributed by atoms with Gasteiger partial charge in [0, 0.05) is 37.0 Å². The van der Waals surface area contributed by atoms with Crippen molar-refractivity contribution in [3.8, 4) is 5.75 Å². The molecular weight excluding hydrogens is 596 g/mol. The SMILES string of the molecule is CCCC1=C2[C@@H](CC/C(=C/c3ccc(O)c4ccccc34)CCC)OC[C@@H]2[C@@H]2C(=O)N(C3CCN(Cc4ccccc4)CC3)C(=O)[C@@H]2C1. The fourth-order valence-corrected chi connectivity index (χ4v) is 9.13. The van der Waals surface area contributed by atoms with Crippen molar-refractivity contribution >= 4 is 28.7 Å². The highest BCUT2D eigenvalue weighted by atomic mass is 16.5. The number of likely N-dealkylation sites (tertiary alicyclic amines) is 2. The molecule has 0 bridgehead atoms. The lowest BCUT2D eigenvalue weighted by Crippen LogP contribution is -2.47. The molecule has 4 aliphatic rings. The number of rotatable bonds is 11. The highest BCUT2D eigenvalue weighted by molar-refractivity contribution is 6.06. The molecule has 0 spiro atoms. The fraction of sp³-hybridized carbons (Fsp3) is 0.476. The predicted octanol–water partition coefficient (Wildman–Crippen LogP) is 8.29. The van der Waals surface area contributed by atoms with Gasteiger partial charge in [-0.25, -0.2) is 0 Å². The second-order valence-corrected chi connectivity index (χ2v) is 14.4. The monoisotopic (exact) mass is 646 g/mol. The summed E-state index contributed by atoms with van der Waals surface area (Å²) in [7, 11) is 0. The number of carbonyl (C=O) groups is 2. The topological polar surface area (TPSA) is 70.1 Å². The molecule has 3 aliphatic heterocycles. The van der Waals surface area contributed by atoms with Crippen molar-refractivity contribution in [2.75, 3.05) is 19.7 Å². The summed E-state index contributed by atoms with van der Waals surface area (Å²) in [5.41, 5.74) is 6.52. The van der Waals surface area contributed by atoms with Crippen LogP contribution < -0.4 is 0 Å². The number of allylic oxidation sites excluding steroid dienone is 2. The van der Waals surface area contributed by atoms with Gasteiger partial charge in [-0.3, -0.25) is 19.4 Å². The van der Waals surface area contributed by atoms with Gasteiger partial charge in [-0.2, -0.15) is 0 Å². The maximum Gasteiger partial charge on any atom is 0.234 e. The molecule has 3 aromatic carbocycles. The third-order valence-electron chi connectivity index (χ3n) is 11.4. The first-order chi connectivity index (χ1) is 23.5. The van der Waals surface area contributed by atoms with Gasteiger partial charge in [0.15, 0.2) is 0 Å². The molecule has 0 unspecified atom stereocenters. The van der Waals surface area contributed by atoms with Crippen LogP contribution in [0.25, 0.3) is 16.8 Å². The summed E-state index contributed by atoms with van der Waals surface area (Å²) in [6, 6.07) is 22.4. The lowest BCUT2D eigenvalue weighted by Gasteiger charge is -2.36. The van der Waals surface area contributed by atoms with Crippen molar-refractivity contribution in [2.45, 2.75) is 90.3 Å². The molecule has 3 aromatic rings. The van der Waals surface area contributed by atoms with Crippen LogP contribution >= 0.6 is 0 Å². The number of hydrogen-bond acceptors (Lipinski definition) is 5. The van der Waals surface area contributed by atoms with E-state index in [9.17, 15) is 14.7 Å². The second-order valence-electron chi connectivity index (χ2n) is 14.4. The zero-order valence-electron chi connectivity index (χ0n) is 28.6. The molecule has 7 rings (SSSR count). The number of carbonyl (C=O) groups excluding carboxylic acids is 2. The van der Waals surface area contributed by atoms with Gasteiger partial charge in [-0.15, -0.1) is 0 Å². The van der Waals surface area contributed by atoms with Crippen LogP contribution in [0.2, 0.25) is 0 Å². The molecule has 4 atom stereocenters. The summed E-state index contributed by atoms with van der Waals surface area (Å²) in [5, 5.41) is 12.4. The number of amides is 2. The van der Waals surface area contributed by atoms with E-state index in [1.54, 1.807) is 11.0 Å². The van der Waals surface area contributed by atoms with Crippen LogP contribution in [0.1, 0.15) is 82.8 Å². The van der Waals surface area contributed by atoms with Crippen LogP contribution in [-0.2, 0) is 20.9 Å². The van der Waals surface area contributed by atoms with Crippen molar-refractivity contribution < 1.29 is 19.4 Å². The van der Waals surface area contributed by atoms with E-state index in [1.807, 2.05) is 30.3 Å². The van der Waals surface area contributed by atoms with Gasteiger partial charge in [-0.1, -0.05) is 105 Å². The van der Waals surface area contributed by atoms with Crippen LogP contribution in [0, 0.1) is 17.8 Å². The number of hydrogen-bond donors (Lipinski definition) is 1. The second kappa shape index (κ2) is 14.4.